The second-order valence-corrected chi connectivity index (χ2v) is 7.42. The first-order valence-corrected chi connectivity index (χ1v) is 9.28. The lowest BCUT2D eigenvalue weighted by Crippen LogP contribution is -2.44. The molecular formula is C17H26N2O2S. The SMILES string of the molecule is C[C@H](CNC(=O)CC[C@H]1CCCO1)N1CCc2sccc2C1. The minimum Gasteiger partial charge on any atom is -0.378 e. The van der Waals surface area contributed by atoms with Gasteiger partial charge in [0, 0.05) is 43.6 Å². The molecule has 2 aliphatic rings. The van der Waals surface area contributed by atoms with Crippen LogP contribution in [0.25, 0.3) is 0 Å². The van der Waals surface area contributed by atoms with Crippen LogP contribution < -0.4 is 5.32 Å². The molecule has 0 aromatic carbocycles. The zero-order valence-electron chi connectivity index (χ0n) is 13.3. The number of carbonyl (C=O) groups excluding carboxylic acids is 1. The van der Waals surface area contributed by atoms with Gasteiger partial charge in [-0.2, -0.15) is 0 Å². The van der Waals surface area contributed by atoms with Crippen molar-refractivity contribution in [2.45, 2.75) is 57.7 Å². The van der Waals surface area contributed by atoms with Crippen LogP contribution in [0.15, 0.2) is 11.4 Å². The Balaban J connectivity index is 1.37. The van der Waals surface area contributed by atoms with Crippen molar-refractivity contribution in [1.82, 2.24) is 10.2 Å². The van der Waals surface area contributed by atoms with E-state index in [0.717, 1.165) is 51.9 Å². The van der Waals surface area contributed by atoms with E-state index in [1.54, 1.807) is 0 Å². The molecule has 0 aliphatic carbocycles. The maximum atomic E-state index is 12.0. The first kappa shape index (κ1) is 16.0. The fourth-order valence-electron chi connectivity index (χ4n) is 3.29. The zero-order valence-corrected chi connectivity index (χ0v) is 14.2. The third kappa shape index (κ3) is 4.09. The predicted octanol–water partition coefficient (Wildman–Crippen LogP) is 2.57. The van der Waals surface area contributed by atoms with Crippen molar-refractivity contribution >= 4 is 17.2 Å². The molecule has 1 aromatic heterocycles. The second-order valence-electron chi connectivity index (χ2n) is 6.42. The minimum atomic E-state index is 0.163. The minimum absolute atomic E-state index is 0.163. The van der Waals surface area contributed by atoms with E-state index in [1.807, 2.05) is 11.3 Å². The molecule has 0 spiro atoms. The van der Waals surface area contributed by atoms with Gasteiger partial charge in [-0.15, -0.1) is 11.3 Å². The Hall–Kier alpha value is -0.910. The molecule has 4 nitrogen and oxygen atoms in total. The van der Waals surface area contributed by atoms with Crippen LogP contribution >= 0.6 is 11.3 Å². The third-order valence-corrected chi connectivity index (χ3v) is 5.80. The second kappa shape index (κ2) is 7.57. The number of nitrogens with one attached hydrogen (secondary N) is 1. The van der Waals surface area contributed by atoms with E-state index in [0.29, 0.717) is 18.6 Å². The Morgan fingerprint density at radius 1 is 1.59 bits per heavy atom. The maximum Gasteiger partial charge on any atom is 0.220 e. The monoisotopic (exact) mass is 322 g/mol. The van der Waals surface area contributed by atoms with E-state index in [2.05, 4.69) is 28.6 Å². The normalized spacial score (nSPS) is 23.2. The Kier molecular flexibility index (Phi) is 5.50. The molecule has 1 N–H and O–H groups in total. The topological polar surface area (TPSA) is 41.6 Å². The molecule has 122 valence electrons. The number of fused-ring (bicyclic) bond motifs is 1. The summed E-state index contributed by atoms with van der Waals surface area (Å²) >= 11 is 1.87. The summed E-state index contributed by atoms with van der Waals surface area (Å²) in [6, 6.07) is 2.62. The van der Waals surface area contributed by atoms with Crippen LogP contribution in [0, 0.1) is 0 Å². The van der Waals surface area contributed by atoms with Gasteiger partial charge in [0.05, 0.1) is 6.10 Å². The molecule has 0 bridgehead atoms. The maximum absolute atomic E-state index is 12.0. The molecule has 5 heteroatoms. The van der Waals surface area contributed by atoms with Crippen LogP contribution in [0.1, 0.15) is 43.0 Å². The van der Waals surface area contributed by atoms with E-state index in [1.165, 1.54) is 10.4 Å². The molecule has 0 radical (unpaired) electrons. The first-order valence-electron chi connectivity index (χ1n) is 8.40. The van der Waals surface area contributed by atoms with E-state index in [9.17, 15) is 4.79 Å². The van der Waals surface area contributed by atoms with E-state index in [4.69, 9.17) is 4.74 Å². The number of hydrogen-bond acceptors (Lipinski definition) is 4. The van der Waals surface area contributed by atoms with Crippen LogP contribution in [-0.4, -0.2) is 42.6 Å². The van der Waals surface area contributed by atoms with Crippen molar-refractivity contribution in [3.05, 3.63) is 21.9 Å². The number of thiophene rings is 1. The molecule has 3 rings (SSSR count). The van der Waals surface area contributed by atoms with E-state index in [-0.39, 0.29) is 5.91 Å². The zero-order chi connectivity index (χ0) is 15.4. The van der Waals surface area contributed by atoms with Gasteiger partial charge < -0.3 is 10.1 Å². The van der Waals surface area contributed by atoms with Crippen LogP contribution in [0.2, 0.25) is 0 Å². The molecule has 1 aromatic rings. The van der Waals surface area contributed by atoms with Crippen LogP contribution in [0.3, 0.4) is 0 Å². The number of amides is 1. The van der Waals surface area contributed by atoms with Gasteiger partial charge in [-0.05, 0) is 49.6 Å². The van der Waals surface area contributed by atoms with E-state index < -0.39 is 0 Å². The molecule has 22 heavy (non-hydrogen) atoms. The Bertz CT molecular complexity index is 497. The highest BCUT2D eigenvalue weighted by Gasteiger charge is 2.22. The fraction of sp³-hybridized carbons (Fsp3) is 0.706. The van der Waals surface area contributed by atoms with Crippen molar-refractivity contribution in [1.29, 1.82) is 0 Å². The van der Waals surface area contributed by atoms with Gasteiger partial charge >= 0.3 is 0 Å². The van der Waals surface area contributed by atoms with Gasteiger partial charge in [0.2, 0.25) is 5.91 Å². The lowest BCUT2D eigenvalue weighted by Gasteiger charge is -2.32. The Morgan fingerprint density at radius 2 is 2.50 bits per heavy atom. The summed E-state index contributed by atoms with van der Waals surface area (Å²) < 4.78 is 5.56. The summed E-state index contributed by atoms with van der Waals surface area (Å²) in [5.41, 5.74) is 1.47. The largest absolute Gasteiger partial charge is 0.378 e. The Labute approximate surface area is 136 Å². The van der Waals surface area contributed by atoms with Gasteiger partial charge in [-0.3, -0.25) is 9.69 Å². The molecule has 0 unspecified atom stereocenters. The Morgan fingerprint density at radius 3 is 3.32 bits per heavy atom. The van der Waals surface area contributed by atoms with Crippen LogP contribution in [-0.2, 0) is 22.5 Å². The van der Waals surface area contributed by atoms with Crippen LogP contribution in [0.5, 0.6) is 0 Å². The summed E-state index contributed by atoms with van der Waals surface area (Å²) in [5.74, 6) is 0.163. The lowest BCUT2D eigenvalue weighted by molar-refractivity contribution is -0.121. The van der Waals surface area contributed by atoms with Crippen molar-refractivity contribution < 1.29 is 9.53 Å². The summed E-state index contributed by atoms with van der Waals surface area (Å²) in [7, 11) is 0. The molecule has 1 amide bonds. The molecular weight excluding hydrogens is 296 g/mol. The summed E-state index contributed by atoms with van der Waals surface area (Å²) in [6.07, 6.45) is 5.16. The number of ether oxygens (including phenoxy) is 1. The number of rotatable bonds is 6. The third-order valence-electron chi connectivity index (χ3n) is 4.77. The molecule has 2 aliphatic heterocycles. The van der Waals surface area contributed by atoms with E-state index >= 15 is 0 Å². The quantitative estimate of drug-likeness (QED) is 0.875. The van der Waals surface area contributed by atoms with Crippen LogP contribution in [0.4, 0.5) is 0 Å². The molecule has 2 atom stereocenters. The van der Waals surface area contributed by atoms with Gasteiger partial charge in [0.15, 0.2) is 0 Å². The lowest BCUT2D eigenvalue weighted by atomic mass is 10.1. The van der Waals surface area contributed by atoms with Gasteiger partial charge in [0.1, 0.15) is 0 Å². The van der Waals surface area contributed by atoms with Crippen molar-refractivity contribution in [3.8, 4) is 0 Å². The van der Waals surface area contributed by atoms with Crippen molar-refractivity contribution in [3.63, 3.8) is 0 Å². The van der Waals surface area contributed by atoms with Gasteiger partial charge in [0.25, 0.3) is 0 Å². The summed E-state index contributed by atoms with van der Waals surface area (Å²) in [6.45, 7) is 5.93. The highest BCUT2D eigenvalue weighted by Crippen LogP contribution is 2.25. The predicted molar refractivity (Wildman–Crippen MR) is 89.1 cm³/mol. The average molecular weight is 322 g/mol. The standard InChI is InChI=1S/C17H26N2O2S/c1-13(19-8-6-16-14(12-19)7-10-22-16)11-18-17(20)5-4-15-3-2-9-21-15/h7,10,13,15H,2-6,8-9,11-12H2,1H3,(H,18,20)/t13-,15-/m1/s1. The number of carbonyl (C=O) groups is 1. The highest BCUT2D eigenvalue weighted by atomic mass is 32.1. The van der Waals surface area contributed by atoms with Crippen molar-refractivity contribution in [2.75, 3.05) is 19.7 Å². The fourth-order valence-corrected chi connectivity index (χ4v) is 4.18. The first-order chi connectivity index (χ1) is 10.7. The number of nitrogens with zero attached hydrogens (tertiary/aromatic N) is 1. The van der Waals surface area contributed by atoms with Crippen molar-refractivity contribution in [2.24, 2.45) is 0 Å². The molecule has 0 saturated carbocycles. The molecule has 1 saturated heterocycles. The smallest absolute Gasteiger partial charge is 0.220 e. The highest BCUT2D eigenvalue weighted by molar-refractivity contribution is 7.10. The average Bonchev–Trinajstić information content (AvgIpc) is 3.20. The molecule has 1 fully saturated rings. The summed E-state index contributed by atoms with van der Waals surface area (Å²) in [5, 5.41) is 5.27. The van der Waals surface area contributed by atoms with Gasteiger partial charge in [-0.1, -0.05) is 0 Å². The number of hydrogen-bond donors (Lipinski definition) is 1. The summed E-state index contributed by atoms with van der Waals surface area (Å²) in [4.78, 5) is 16.0. The van der Waals surface area contributed by atoms with Gasteiger partial charge in [-0.25, -0.2) is 0 Å². The molecule has 3 heterocycles.